The third-order valence-electron chi connectivity index (χ3n) is 4.45. The predicted octanol–water partition coefficient (Wildman–Crippen LogP) is 1.57. The fourth-order valence-corrected chi connectivity index (χ4v) is 3.56. The lowest BCUT2D eigenvalue weighted by Crippen LogP contribution is -2.36. The molecular weight excluding hydrogens is 357 g/mol. The quantitative estimate of drug-likeness (QED) is 0.846. The highest BCUT2D eigenvalue weighted by Crippen LogP contribution is 2.25. The third kappa shape index (κ3) is 4.09. The molecule has 0 aromatic heterocycles. The van der Waals surface area contributed by atoms with Crippen LogP contribution in [-0.2, 0) is 10.0 Å². The first-order valence-corrected chi connectivity index (χ1v) is 9.71. The smallest absolute Gasteiger partial charge is 0.251 e. The molecule has 0 spiro atoms. The maximum Gasteiger partial charge on any atom is 0.251 e. The summed E-state index contributed by atoms with van der Waals surface area (Å²) in [6, 6.07) is 10.1. The molecule has 1 amide bonds. The van der Waals surface area contributed by atoms with Gasteiger partial charge in [0.15, 0.2) is 0 Å². The number of nitrogens with zero attached hydrogens (tertiary/aromatic N) is 1. The van der Waals surface area contributed by atoms with Crippen molar-refractivity contribution < 1.29 is 17.6 Å². The number of hydrogen-bond acceptors (Lipinski definition) is 4. The number of sulfonamides is 1. The Morgan fingerprint density at radius 2 is 1.92 bits per heavy atom. The minimum absolute atomic E-state index is 0.135. The van der Waals surface area contributed by atoms with Gasteiger partial charge in [-0.1, -0.05) is 18.2 Å². The molecule has 1 saturated heterocycles. The summed E-state index contributed by atoms with van der Waals surface area (Å²) >= 11 is 0. The van der Waals surface area contributed by atoms with E-state index in [1.807, 2.05) is 7.05 Å². The van der Waals surface area contributed by atoms with Gasteiger partial charge in [0, 0.05) is 23.7 Å². The second kappa shape index (κ2) is 7.14. The van der Waals surface area contributed by atoms with Crippen molar-refractivity contribution in [1.29, 1.82) is 0 Å². The maximum atomic E-state index is 14.2. The molecule has 0 bridgehead atoms. The van der Waals surface area contributed by atoms with Gasteiger partial charge in [0.1, 0.15) is 5.82 Å². The van der Waals surface area contributed by atoms with E-state index < -0.39 is 15.8 Å². The predicted molar refractivity (Wildman–Crippen MR) is 96.6 cm³/mol. The van der Waals surface area contributed by atoms with Gasteiger partial charge in [0.2, 0.25) is 10.0 Å². The highest BCUT2D eigenvalue weighted by atomic mass is 32.2. The van der Waals surface area contributed by atoms with Crippen LogP contribution in [0.4, 0.5) is 4.39 Å². The van der Waals surface area contributed by atoms with E-state index in [0.29, 0.717) is 11.1 Å². The molecule has 0 aliphatic carbocycles. The highest BCUT2D eigenvalue weighted by Gasteiger charge is 2.21. The fraction of sp³-hybridized carbons (Fsp3) is 0.278. The number of primary sulfonamides is 1. The van der Waals surface area contributed by atoms with E-state index in [9.17, 15) is 17.6 Å². The van der Waals surface area contributed by atoms with E-state index in [4.69, 9.17) is 5.14 Å². The van der Waals surface area contributed by atoms with Crippen molar-refractivity contribution in [3.05, 3.63) is 53.8 Å². The number of likely N-dealkylation sites (tertiary alicyclic amines) is 1. The molecule has 1 heterocycles. The Bertz CT molecular complexity index is 929. The van der Waals surface area contributed by atoms with E-state index in [-0.39, 0.29) is 22.4 Å². The number of nitrogens with one attached hydrogen (secondary N) is 1. The van der Waals surface area contributed by atoms with Crippen molar-refractivity contribution in [2.75, 3.05) is 20.1 Å². The minimum atomic E-state index is -3.95. The number of carbonyl (C=O) groups is 1. The summed E-state index contributed by atoms with van der Waals surface area (Å²) in [5, 5.41) is 7.99. The van der Waals surface area contributed by atoms with Gasteiger partial charge in [-0.3, -0.25) is 4.79 Å². The zero-order valence-corrected chi connectivity index (χ0v) is 15.1. The van der Waals surface area contributed by atoms with Crippen LogP contribution in [0, 0.1) is 5.82 Å². The number of amides is 1. The summed E-state index contributed by atoms with van der Waals surface area (Å²) in [6.07, 6.45) is 0.919. The van der Waals surface area contributed by atoms with E-state index in [2.05, 4.69) is 10.2 Å². The Labute approximate surface area is 151 Å². The number of rotatable bonds is 4. The van der Waals surface area contributed by atoms with E-state index in [0.717, 1.165) is 25.6 Å². The van der Waals surface area contributed by atoms with Crippen LogP contribution in [0.5, 0.6) is 0 Å². The molecular formula is C18H20FN3O3S. The largest absolute Gasteiger partial charge is 0.348 e. The third-order valence-corrected chi connectivity index (χ3v) is 5.36. The molecule has 3 N–H and O–H groups in total. The molecule has 2 aromatic carbocycles. The molecule has 1 aliphatic heterocycles. The Morgan fingerprint density at radius 1 is 1.23 bits per heavy atom. The molecule has 1 aliphatic rings. The van der Waals surface area contributed by atoms with Crippen LogP contribution in [0.25, 0.3) is 11.1 Å². The summed E-state index contributed by atoms with van der Waals surface area (Å²) in [7, 11) is -1.94. The summed E-state index contributed by atoms with van der Waals surface area (Å²) in [6.45, 7) is 1.78. The van der Waals surface area contributed by atoms with E-state index in [1.165, 1.54) is 12.1 Å². The van der Waals surface area contributed by atoms with Gasteiger partial charge in [-0.05, 0) is 49.8 Å². The van der Waals surface area contributed by atoms with Crippen LogP contribution >= 0.6 is 0 Å². The zero-order chi connectivity index (χ0) is 18.9. The van der Waals surface area contributed by atoms with Crippen LogP contribution in [-0.4, -0.2) is 45.4 Å². The van der Waals surface area contributed by atoms with Gasteiger partial charge in [0.05, 0.1) is 4.90 Å². The van der Waals surface area contributed by atoms with Crippen molar-refractivity contribution >= 4 is 15.9 Å². The normalized spacial score (nSPS) is 18.0. The molecule has 8 heteroatoms. The topological polar surface area (TPSA) is 92.5 Å². The molecule has 0 radical (unpaired) electrons. The molecule has 6 nitrogen and oxygen atoms in total. The second-order valence-electron chi connectivity index (χ2n) is 6.49. The summed E-state index contributed by atoms with van der Waals surface area (Å²) < 4.78 is 36.8. The molecule has 1 atom stereocenters. The molecule has 1 fully saturated rings. The lowest BCUT2D eigenvalue weighted by atomic mass is 10.0. The molecule has 138 valence electrons. The van der Waals surface area contributed by atoms with Crippen molar-refractivity contribution in [1.82, 2.24) is 10.2 Å². The van der Waals surface area contributed by atoms with Crippen molar-refractivity contribution in [3.63, 3.8) is 0 Å². The summed E-state index contributed by atoms with van der Waals surface area (Å²) in [5.74, 6) is -0.857. The van der Waals surface area contributed by atoms with E-state index in [1.54, 1.807) is 24.3 Å². The Kier molecular flexibility index (Phi) is 5.08. The molecule has 1 unspecified atom stereocenters. The number of carbonyl (C=O) groups excluding carboxylic acids is 1. The number of benzene rings is 2. The van der Waals surface area contributed by atoms with Crippen LogP contribution in [0.15, 0.2) is 47.4 Å². The number of halogens is 1. The van der Waals surface area contributed by atoms with Crippen LogP contribution in [0.1, 0.15) is 16.8 Å². The second-order valence-corrected chi connectivity index (χ2v) is 8.05. The number of hydrogen-bond donors (Lipinski definition) is 2. The molecule has 0 saturated carbocycles. The Hall–Kier alpha value is -2.29. The average Bonchev–Trinajstić information content (AvgIpc) is 2.99. The van der Waals surface area contributed by atoms with Gasteiger partial charge >= 0.3 is 0 Å². The zero-order valence-electron chi connectivity index (χ0n) is 14.3. The highest BCUT2D eigenvalue weighted by molar-refractivity contribution is 7.89. The first-order valence-electron chi connectivity index (χ1n) is 8.16. The van der Waals surface area contributed by atoms with Crippen LogP contribution < -0.4 is 10.5 Å². The summed E-state index contributed by atoms with van der Waals surface area (Å²) in [4.78, 5) is 14.2. The average molecular weight is 377 g/mol. The first-order chi connectivity index (χ1) is 12.2. The number of nitrogens with two attached hydrogens (primary N) is 1. The van der Waals surface area contributed by atoms with E-state index >= 15 is 0 Å². The van der Waals surface area contributed by atoms with Gasteiger partial charge in [-0.15, -0.1) is 0 Å². The molecule has 3 rings (SSSR count). The standard InChI is InChI=1S/C18H20FN3O3S/c1-22-9-8-14(11-22)21-18(23)13-4-2-12(3-5-13)16-7-6-15(10-17(16)19)26(20,24)25/h2-7,10,14H,8-9,11H2,1H3,(H,21,23)(H2,20,24,25). The molecule has 26 heavy (non-hydrogen) atoms. The van der Waals surface area contributed by atoms with Gasteiger partial charge in [-0.25, -0.2) is 17.9 Å². The van der Waals surface area contributed by atoms with Crippen molar-refractivity contribution in [2.45, 2.75) is 17.4 Å². The molecule has 2 aromatic rings. The monoisotopic (exact) mass is 377 g/mol. The van der Waals surface area contributed by atoms with Crippen LogP contribution in [0.3, 0.4) is 0 Å². The maximum absolute atomic E-state index is 14.2. The number of likely N-dealkylation sites (N-methyl/N-ethyl adjacent to an activating group) is 1. The van der Waals surface area contributed by atoms with Crippen molar-refractivity contribution in [2.24, 2.45) is 5.14 Å². The summed E-state index contributed by atoms with van der Waals surface area (Å²) in [5.41, 5.74) is 1.27. The van der Waals surface area contributed by atoms with Gasteiger partial charge in [0.25, 0.3) is 5.91 Å². The Balaban J connectivity index is 1.76. The van der Waals surface area contributed by atoms with Crippen molar-refractivity contribution in [3.8, 4) is 11.1 Å². The lowest BCUT2D eigenvalue weighted by Gasteiger charge is -2.13. The van der Waals surface area contributed by atoms with Crippen LogP contribution in [0.2, 0.25) is 0 Å². The lowest BCUT2D eigenvalue weighted by molar-refractivity contribution is 0.0938. The SMILES string of the molecule is CN1CCC(NC(=O)c2ccc(-c3ccc(S(N)(=O)=O)cc3F)cc2)C1. The Morgan fingerprint density at radius 3 is 2.46 bits per heavy atom. The fourth-order valence-electron chi connectivity index (χ4n) is 3.03. The first kappa shape index (κ1) is 18.5. The minimum Gasteiger partial charge on any atom is -0.348 e. The van der Waals surface area contributed by atoms with Gasteiger partial charge in [-0.2, -0.15) is 0 Å². The van der Waals surface area contributed by atoms with Gasteiger partial charge < -0.3 is 10.2 Å².